The van der Waals surface area contributed by atoms with Crippen LogP contribution in [-0.2, 0) is 0 Å². The van der Waals surface area contributed by atoms with Gasteiger partial charge in [0, 0.05) is 5.69 Å². The van der Waals surface area contributed by atoms with Gasteiger partial charge in [-0.15, -0.1) is 0 Å². The standard InChI is InChI=1S/C15H14N2O3/c1-12-6-7-13(11-17-12)19-9-3-2-8-16-15(18)14-5-4-10-20-14/h4-7,10-11H,8-9H2,1H3,(H,16,18). The minimum absolute atomic E-state index is 0.245. The Kier molecular flexibility index (Phi) is 4.79. The molecule has 0 fully saturated rings. The smallest absolute Gasteiger partial charge is 0.287 e. The Bertz CT molecular complexity index is 607. The minimum atomic E-state index is -0.284. The highest BCUT2D eigenvalue weighted by Crippen LogP contribution is 2.07. The van der Waals surface area contributed by atoms with E-state index in [1.54, 1.807) is 18.3 Å². The van der Waals surface area contributed by atoms with Gasteiger partial charge >= 0.3 is 0 Å². The molecule has 2 aromatic rings. The zero-order chi connectivity index (χ0) is 14.2. The molecule has 5 nitrogen and oxygen atoms in total. The average molecular weight is 270 g/mol. The van der Waals surface area contributed by atoms with Crippen LogP contribution >= 0.6 is 0 Å². The first-order valence-corrected chi connectivity index (χ1v) is 6.08. The lowest BCUT2D eigenvalue weighted by molar-refractivity contribution is 0.0931. The largest absolute Gasteiger partial charge is 0.479 e. The Morgan fingerprint density at radius 1 is 1.40 bits per heavy atom. The molecule has 0 unspecified atom stereocenters. The van der Waals surface area contributed by atoms with Crippen LogP contribution in [0.25, 0.3) is 0 Å². The molecule has 0 saturated carbocycles. The van der Waals surface area contributed by atoms with E-state index in [2.05, 4.69) is 22.1 Å². The number of aryl methyl sites for hydroxylation is 1. The SMILES string of the molecule is Cc1ccc(OCC#CCNC(=O)c2ccco2)cn1. The summed E-state index contributed by atoms with van der Waals surface area (Å²) in [6, 6.07) is 6.95. The molecular weight excluding hydrogens is 256 g/mol. The number of rotatable bonds is 4. The Morgan fingerprint density at radius 3 is 3.00 bits per heavy atom. The van der Waals surface area contributed by atoms with Gasteiger partial charge in [0.05, 0.1) is 19.0 Å². The Labute approximate surface area is 117 Å². The van der Waals surface area contributed by atoms with Gasteiger partial charge in [0.1, 0.15) is 12.4 Å². The van der Waals surface area contributed by atoms with Gasteiger partial charge in [-0.2, -0.15) is 0 Å². The predicted octanol–water partition coefficient (Wildman–Crippen LogP) is 1.80. The maximum atomic E-state index is 11.5. The number of amides is 1. The van der Waals surface area contributed by atoms with Crippen LogP contribution in [0.2, 0.25) is 0 Å². The van der Waals surface area contributed by atoms with Crippen molar-refractivity contribution in [2.45, 2.75) is 6.92 Å². The van der Waals surface area contributed by atoms with Crippen LogP contribution in [0.3, 0.4) is 0 Å². The quantitative estimate of drug-likeness (QED) is 0.860. The van der Waals surface area contributed by atoms with Crippen molar-refractivity contribution in [3.8, 4) is 17.6 Å². The van der Waals surface area contributed by atoms with E-state index in [0.717, 1.165) is 5.69 Å². The molecule has 2 rings (SSSR count). The highest BCUT2D eigenvalue weighted by atomic mass is 16.5. The number of ether oxygens (including phenoxy) is 1. The molecule has 2 heterocycles. The number of carbonyl (C=O) groups is 1. The number of nitrogens with zero attached hydrogens (tertiary/aromatic N) is 1. The van der Waals surface area contributed by atoms with Gasteiger partial charge in [0.15, 0.2) is 5.76 Å². The maximum Gasteiger partial charge on any atom is 0.287 e. The van der Waals surface area contributed by atoms with Crippen LogP contribution in [0.4, 0.5) is 0 Å². The highest BCUT2D eigenvalue weighted by molar-refractivity contribution is 5.91. The highest BCUT2D eigenvalue weighted by Gasteiger charge is 2.05. The van der Waals surface area contributed by atoms with Crippen LogP contribution < -0.4 is 10.1 Å². The number of pyridine rings is 1. The Hall–Kier alpha value is -2.74. The van der Waals surface area contributed by atoms with Gasteiger partial charge < -0.3 is 14.5 Å². The van der Waals surface area contributed by atoms with E-state index in [9.17, 15) is 4.79 Å². The molecule has 0 spiro atoms. The molecular formula is C15H14N2O3. The fraction of sp³-hybridized carbons (Fsp3) is 0.200. The summed E-state index contributed by atoms with van der Waals surface area (Å²) < 4.78 is 10.3. The first-order valence-electron chi connectivity index (χ1n) is 6.08. The van der Waals surface area contributed by atoms with Crippen molar-refractivity contribution in [1.29, 1.82) is 0 Å². The summed E-state index contributed by atoms with van der Waals surface area (Å²) in [6.45, 7) is 2.40. The third kappa shape index (κ3) is 4.18. The summed E-state index contributed by atoms with van der Waals surface area (Å²) >= 11 is 0. The van der Waals surface area contributed by atoms with Crippen LogP contribution in [0, 0.1) is 18.8 Å². The molecule has 5 heteroatoms. The lowest BCUT2D eigenvalue weighted by Gasteiger charge is -2.00. The topological polar surface area (TPSA) is 64.4 Å². The summed E-state index contributed by atoms with van der Waals surface area (Å²) in [6.07, 6.45) is 3.10. The molecule has 0 bridgehead atoms. The third-order valence-corrected chi connectivity index (χ3v) is 2.40. The van der Waals surface area contributed by atoms with E-state index < -0.39 is 0 Å². The summed E-state index contributed by atoms with van der Waals surface area (Å²) in [7, 11) is 0. The second kappa shape index (κ2) is 7.00. The molecule has 102 valence electrons. The summed E-state index contributed by atoms with van der Waals surface area (Å²) in [5, 5.41) is 2.62. The van der Waals surface area contributed by atoms with Crippen LogP contribution in [0.15, 0.2) is 41.1 Å². The van der Waals surface area contributed by atoms with Crippen molar-refractivity contribution in [2.75, 3.05) is 13.2 Å². The second-order valence-corrected chi connectivity index (χ2v) is 3.94. The van der Waals surface area contributed by atoms with Gasteiger partial charge in [0.25, 0.3) is 5.91 Å². The van der Waals surface area contributed by atoms with Crippen molar-refractivity contribution in [2.24, 2.45) is 0 Å². The fourth-order valence-electron chi connectivity index (χ4n) is 1.39. The summed E-state index contributed by atoms with van der Waals surface area (Å²) in [5.74, 6) is 6.25. The number of hydrogen-bond acceptors (Lipinski definition) is 4. The lowest BCUT2D eigenvalue weighted by Crippen LogP contribution is -2.23. The van der Waals surface area contributed by atoms with Crippen LogP contribution in [0.1, 0.15) is 16.2 Å². The number of furan rings is 1. The van der Waals surface area contributed by atoms with Crippen LogP contribution in [-0.4, -0.2) is 24.0 Å². The number of carbonyl (C=O) groups excluding carboxylic acids is 1. The summed E-state index contributed by atoms with van der Waals surface area (Å²) in [5.41, 5.74) is 0.934. The van der Waals surface area contributed by atoms with Crippen molar-refractivity contribution >= 4 is 5.91 Å². The number of aromatic nitrogens is 1. The number of nitrogens with one attached hydrogen (secondary N) is 1. The fourth-order valence-corrected chi connectivity index (χ4v) is 1.39. The molecule has 0 aliphatic heterocycles. The van der Waals surface area contributed by atoms with Gasteiger partial charge in [-0.3, -0.25) is 9.78 Å². The first kappa shape index (κ1) is 13.7. The maximum absolute atomic E-state index is 11.5. The zero-order valence-corrected chi connectivity index (χ0v) is 11.1. The van der Waals surface area contributed by atoms with Gasteiger partial charge in [-0.1, -0.05) is 11.8 Å². The van der Waals surface area contributed by atoms with Crippen LogP contribution in [0.5, 0.6) is 5.75 Å². The molecule has 0 atom stereocenters. The third-order valence-electron chi connectivity index (χ3n) is 2.40. The molecule has 0 aliphatic rings. The van der Waals surface area contributed by atoms with Crippen molar-refractivity contribution < 1.29 is 13.9 Å². The molecule has 0 radical (unpaired) electrons. The number of hydrogen-bond donors (Lipinski definition) is 1. The van der Waals surface area contributed by atoms with Crippen molar-refractivity contribution in [3.63, 3.8) is 0 Å². The lowest BCUT2D eigenvalue weighted by atomic mass is 10.4. The van der Waals surface area contributed by atoms with E-state index in [4.69, 9.17) is 9.15 Å². The van der Waals surface area contributed by atoms with Crippen molar-refractivity contribution in [1.82, 2.24) is 10.3 Å². The van der Waals surface area contributed by atoms with Gasteiger partial charge in [-0.25, -0.2) is 0 Å². The normalized spacial score (nSPS) is 9.45. The Morgan fingerprint density at radius 2 is 2.30 bits per heavy atom. The second-order valence-electron chi connectivity index (χ2n) is 3.94. The van der Waals surface area contributed by atoms with Gasteiger partial charge in [-0.05, 0) is 31.2 Å². The molecule has 1 amide bonds. The average Bonchev–Trinajstić information content (AvgIpc) is 2.98. The van der Waals surface area contributed by atoms with Gasteiger partial charge in [0.2, 0.25) is 0 Å². The molecule has 2 aromatic heterocycles. The molecule has 0 saturated heterocycles. The Balaban J connectivity index is 1.68. The van der Waals surface area contributed by atoms with E-state index in [-0.39, 0.29) is 24.8 Å². The molecule has 1 N–H and O–H groups in total. The van der Waals surface area contributed by atoms with E-state index in [1.165, 1.54) is 6.26 Å². The van der Waals surface area contributed by atoms with E-state index in [1.807, 2.05) is 19.1 Å². The van der Waals surface area contributed by atoms with E-state index in [0.29, 0.717) is 5.75 Å². The zero-order valence-electron chi connectivity index (χ0n) is 11.1. The molecule has 20 heavy (non-hydrogen) atoms. The molecule has 0 aromatic carbocycles. The predicted molar refractivity (Wildman–Crippen MR) is 73.3 cm³/mol. The first-order chi connectivity index (χ1) is 9.75. The minimum Gasteiger partial charge on any atom is -0.479 e. The molecule has 0 aliphatic carbocycles. The van der Waals surface area contributed by atoms with Crippen molar-refractivity contribution in [3.05, 3.63) is 48.2 Å². The summed E-state index contributed by atoms with van der Waals surface area (Å²) in [4.78, 5) is 15.6. The van der Waals surface area contributed by atoms with E-state index >= 15 is 0 Å². The monoisotopic (exact) mass is 270 g/mol.